The Morgan fingerprint density at radius 3 is 2.32 bits per heavy atom. The van der Waals surface area contributed by atoms with Gasteiger partial charge in [0, 0.05) is 29.1 Å². The molecule has 0 unspecified atom stereocenters. The summed E-state index contributed by atoms with van der Waals surface area (Å²) in [5.41, 5.74) is 0.705. The van der Waals surface area contributed by atoms with Crippen molar-refractivity contribution in [3.63, 3.8) is 0 Å². The van der Waals surface area contributed by atoms with E-state index in [0.29, 0.717) is 24.8 Å². The molecule has 0 bridgehead atoms. The van der Waals surface area contributed by atoms with Crippen LogP contribution in [0, 0.1) is 34.5 Å². The van der Waals surface area contributed by atoms with Gasteiger partial charge < -0.3 is 0 Å². The van der Waals surface area contributed by atoms with Crippen LogP contribution in [0.4, 0.5) is 0 Å². The SMILES string of the molecule is N#CCSC(SCC#N)=C1C(=O)C[C@H]2CC(=O)C[C@@H]12. The zero-order chi connectivity index (χ0) is 13.8. The van der Waals surface area contributed by atoms with Crippen molar-refractivity contribution < 1.29 is 9.59 Å². The van der Waals surface area contributed by atoms with E-state index in [1.165, 1.54) is 23.5 Å². The Hall–Kier alpha value is -1.24. The van der Waals surface area contributed by atoms with Gasteiger partial charge in [0.25, 0.3) is 0 Å². The van der Waals surface area contributed by atoms with Gasteiger partial charge in [-0.2, -0.15) is 10.5 Å². The molecule has 0 radical (unpaired) electrons. The monoisotopic (exact) mass is 292 g/mol. The molecule has 2 saturated carbocycles. The number of hydrogen-bond acceptors (Lipinski definition) is 6. The smallest absolute Gasteiger partial charge is 0.161 e. The van der Waals surface area contributed by atoms with Crippen LogP contribution >= 0.6 is 23.5 Å². The third-order valence-electron chi connectivity index (χ3n) is 3.38. The molecule has 0 spiro atoms. The lowest BCUT2D eigenvalue weighted by atomic mass is 9.98. The Kier molecular flexibility index (Phi) is 4.68. The average Bonchev–Trinajstić information content (AvgIpc) is 2.85. The molecule has 4 nitrogen and oxygen atoms in total. The van der Waals surface area contributed by atoms with Gasteiger partial charge in [-0.1, -0.05) is 0 Å². The van der Waals surface area contributed by atoms with E-state index in [9.17, 15) is 9.59 Å². The van der Waals surface area contributed by atoms with Gasteiger partial charge in [0.05, 0.1) is 23.6 Å². The van der Waals surface area contributed by atoms with E-state index in [-0.39, 0.29) is 34.9 Å². The average molecular weight is 292 g/mol. The number of allylic oxidation sites excluding steroid dienone is 1. The highest BCUT2D eigenvalue weighted by Gasteiger charge is 2.45. The van der Waals surface area contributed by atoms with Gasteiger partial charge in [-0.25, -0.2) is 0 Å². The zero-order valence-corrected chi connectivity index (χ0v) is 11.9. The summed E-state index contributed by atoms with van der Waals surface area (Å²) < 4.78 is 0.773. The molecule has 0 N–H and O–H groups in total. The van der Waals surface area contributed by atoms with Crippen LogP contribution in [0.2, 0.25) is 0 Å². The standard InChI is InChI=1S/C13H12N2O2S2/c14-1-3-18-13(19-4-2-15)12-10-7-9(16)5-8(10)6-11(12)17/h8,10H,3-7H2/t8-,10-/m1/s1. The number of carbonyl (C=O) groups is 2. The molecule has 0 heterocycles. The quantitative estimate of drug-likeness (QED) is 0.739. The van der Waals surface area contributed by atoms with Gasteiger partial charge in [-0.05, 0) is 11.8 Å². The first-order valence-electron chi connectivity index (χ1n) is 5.96. The summed E-state index contributed by atoms with van der Waals surface area (Å²) in [6.45, 7) is 0. The first kappa shape index (κ1) is 14.2. The van der Waals surface area contributed by atoms with Crippen LogP contribution in [0.25, 0.3) is 0 Å². The summed E-state index contributed by atoms with van der Waals surface area (Å²) in [6.07, 6.45) is 1.38. The highest BCUT2D eigenvalue weighted by atomic mass is 32.2. The molecular formula is C13H12N2O2S2. The Morgan fingerprint density at radius 1 is 1.11 bits per heavy atom. The van der Waals surface area contributed by atoms with Crippen molar-refractivity contribution >= 4 is 35.1 Å². The molecule has 2 aliphatic rings. The van der Waals surface area contributed by atoms with Gasteiger partial charge in [0.1, 0.15) is 5.78 Å². The van der Waals surface area contributed by atoms with Crippen LogP contribution in [-0.4, -0.2) is 23.1 Å². The first-order valence-corrected chi connectivity index (χ1v) is 7.93. The third-order valence-corrected chi connectivity index (χ3v) is 5.60. The predicted molar refractivity (Wildman–Crippen MR) is 74.0 cm³/mol. The zero-order valence-electron chi connectivity index (χ0n) is 10.2. The molecule has 2 aliphatic carbocycles. The fraction of sp³-hybridized carbons (Fsp3) is 0.538. The lowest BCUT2D eigenvalue weighted by Crippen LogP contribution is -2.05. The number of Topliss-reactive ketones (excluding diaryl/α,β-unsaturated/α-hetero) is 2. The van der Waals surface area contributed by atoms with Gasteiger partial charge in [-0.3, -0.25) is 9.59 Å². The minimum Gasteiger partial charge on any atom is -0.300 e. The van der Waals surface area contributed by atoms with Crippen LogP contribution in [0.15, 0.2) is 9.81 Å². The second-order valence-corrected chi connectivity index (χ2v) is 6.77. The fourth-order valence-corrected chi connectivity index (χ4v) is 4.61. The van der Waals surface area contributed by atoms with E-state index in [1.807, 2.05) is 12.1 Å². The van der Waals surface area contributed by atoms with Crippen molar-refractivity contribution in [3.05, 3.63) is 9.81 Å². The maximum atomic E-state index is 12.1. The van der Waals surface area contributed by atoms with Crippen LogP contribution in [0.5, 0.6) is 0 Å². The summed E-state index contributed by atoms with van der Waals surface area (Å²) in [7, 11) is 0. The van der Waals surface area contributed by atoms with Gasteiger partial charge >= 0.3 is 0 Å². The number of ketones is 2. The fourth-order valence-electron chi connectivity index (χ4n) is 2.70. The second-order valence-electron chi connectivity index (χ2n) is 4.54. The van der Waals surface area contributed by atoms with E-state index >= 15 is 0 Å². The lowest BCUT2D eigenvalue weighted by molar-refractivity contribution is -0.118. The summed E-state index contributed by atoms with van der Waals surface area (Å²) in [5.74, 6) is 0.997. The van der Waals surface area contributed by atoms with Crippen LogP contribution in [0.3, 0.4) is 0 Å². The Bertz CT molecular complexity index is 508. The molecule has 0 aliphatic heterocycles. The van der Waals surface area contributed by atoms with E-state index in [1.54, 1.807) is 0 Å². The number of rotatable bonds is 4. The normalized spacial score (nSPS) is 25.1. The molecule has 0 aromatic carbocycles. The van der Waals surface area contributed by atoms with Crippen molar-refractivity contribution in [1.82, 2.24) is 0 Å². The van der Waals surface area contributed by atoms with Crippen molar-refractivity contribution in [3.8, 4) is 12.1 Å². The second kappa shape index (κ2) is 6.27. The van der Waals surface area contributed by atoms with E-state index in [0.717, 1.165) is 4.24 Å². The largest absolute Gasteiger partial charge is 0.300 e. The molecule has 2 atom stereocenters. The summed E-state index contributed by atoms with van der Waals surface area (Å²) in [5, 5.41) is 17.3. The molecule has 0 amide bonds. The highest BCUT2D eigenvalue weighted by Crippen LogP contribution is 2.48. The number of fused-ring (bicyclic) bond motifs is 1. The van der Waals surface area contributed by atoms with Crippen LogP contribution in [0.1, 0.15) is 19.3 Å². The van der Waals surface area contributed by atoms with E-state index in [2.05, 4.69) is 0 Å². The van der Waals surface area contributed by atoms with Gasteiger partial charge in [0.2, 0.25) is 0 Å². The molecule has 6 heteroatoms. The third kappa shape index (κ3) is 3.02. The molecule has 0 aromatic heterocycles. The van der Waals surface area contributed by atoms with E-state index in [4.69, 9.17) is 10.5 Å². The highest BCUT2D eigenvalue weighted by molar-refractivity contribution is 8.22. The molecular weight excluding hydrogens is 280 g/mol. The van der Waals surface area contributed by atoms with Crippen molar-refractivity contribution in [2.24, 2.45) is 11.8 Å². The Labute approximate surface area is 120 Å². The van der Waals surface area contributed by atoms with Crippen molar-refractivity contribution in [2.45, 2.75) is 19.3 Å². The minimum atomic E-state index is 0.0207. The maximum Gasteiger partial charge on any atom is 0.161 e. The molecule has 98 valence electrons. The number of thioether (sulfide) groups is 2. The number of nitriles is 2. The number of carbonyl (C=O) groups excluding carboxylic acids is 2. The van der Waals surface area contributed by atoms with Gasteiger partial charge in [0.15, 0.2) is 5.78 Å². The first-order chi connectivity index (χ1) is 9.17. The molecule has 0 saturated heterocycles. The maximum absolute atomic E-state index is 12.1. The summed E-state index contributed by atoms with van der Waals surface area (Å²) >= 11 is 2.62. The number of nitrogens with zero attached hydrogens (tertiary/aromatic N) is 2. The molecule has 19 heavy (non-hydrogen) atoms. The Morgan fingerprint density at radius 2 is 1.74 bits per heavy atom. The lowest BCUT2D eigenvalue weighted by Gasteiger charge is -2.12. The Balaban J connectivity index is 2.28. The van der Waals surface area contributed by atoms with Crippen LogP contribution in [-0.2, 0) is 9.59 Å². The number of hydrogen-bond donors (Lipinski definition) is 0. The summed E-state index contributed by atoms with van der Waals surface area (Å²) in [6, 6.07) is 4.07. The van der Waals surface area contributed by atoms with Crippen molar-refractivity contribution in [2.75, 3.05) is 11.5 Å². The topological polar surface area (TPSA) is 81.7 Å². The van der Waals surface area contributed by atoms with Gasteiger partial charge in [-0.15, -0.1) is 23.5 Å². The molecule has 2 rings (SSSR count). The van der Waals surface area contributed by atoms with E-state index < -0.39 is 0 Å². The molecule has 2 fully saturated rings. The minimum absolute atomic E-state index is 0.0207. The molecule has 0 aromatic rings. The predicted octanol–water partition coefficient (Wildman–Crippen LogP) is 2.28. The van der Waals surface area contributed by atoms with Crippen molar-refractivity contribution in [1.29, 1.82) is 10.5 Å². The van der Waals surface area contributed by atoms with Crippen LogP contribution < -0.4 is 0 Å². The summed E-state index contributed by atoms with van der Waals surface area (Å²) in [4.78, 5) is 23.6.